The Morgan fingerprint density at radius 2 is 1.71 bits per heavy atom. The van der Waals surface area contributed by atoms with Crippen molar-refractivity contribution in [1.82, 2.24) is 15.1 Å². The number of likely N-dealkylation sites (tertiary alicyclic amines) is 1. The number of amides is 2. The molecule has 1 aliphatic rings. The molecule has 0 aromatic carbocycles. The second-order valence-corrected chi connectivity index (χ2v) is 10.5. The standard InChI is InChI=1S/C24H43N3O4/c1-15(2)19(14-17(5)23(30)31)26(9)22(29)20(24(6,7)8)25-21(28)18-12-10-11-13-27(18)16(3)4/h14-16,18-20H,10-13H2,1-9H3,(H,25,28)(H,30,31)/b17-14+/t18-,19?,20-/m0/s1. The van der Waals surface area contributed by atoms with Gasteiger partial charge in [0.2, 0.25) is 11.8 Å². The third-order valence-corrected chi connectivity index (χ3v) is 6.15. The lowest BCUT2D eigenvalue weighted by Crippen LogP contribution is -2.60. The molecule has 1 saturated heterocycles. The predicted molar refractivity (Wildman–Crippen MR) is 124 cm³/mol. The van der Waals surface area contributed by atoms with Crippen molar-refractivity contribution in [2.24, 2.45) is 11.3 Å². The number of rotatable bonds is 8. The van der Waals surface area contributed by atoms with Gasteiger partial charge in [-0.25, -0.2) is 4.79 Å². The molecule has 31 heavy (non-hydrogen) atoms. The smallest absolute Gasteiger partial charge is 0.331 e. The molecule has 2 N–H and O–H groups in total. The molecule has 0 aromatic rings. The van der Waals surface area contributed by atoms with Crippen LogP contribution in [0.15, 0.2) is 11.6 Å². The van der Waals surface area contributed by atoms with Crippen molar-refractivity contribution in [3.05, 3.63) is 11.6 Å². The first-order valence-corrected chi connectivity index (χ1v) is 11.4. The number of aliphatic carboxylic acids is 1. The lowest BCUT2D eigenvalue weighted by Gasteiger charge is -2.41. The average Bonchev–Trinajstić information content (AvgIpc) is 2.67. The van der Waals surface area contributed by atoms with E-state index in [1.165, 1.54) is 6.92 Å². The number of piperidine rings is 1. The summed E-state index contributed by atoms with van der Waals surface area (Å²) in [5.74, 6) is -1.29. The van der Waals surface area contributed by atoms with E-state index < -0.39 is 17.4 Å². The van der Waals surface area contributed by atoms with E-state index in [-0.39, 0.29) is 41.4 Å². The molecule has 3 atom stereocenters. The lowest BCUT2D eigenvalue weighted by atomic mass is 9.84. The van der Waals surface area contributed by atoms with Crippen LogP contribution >= 0.6 is 0 Å². The summed E-state index contributed by atoms with van der Waals surface area (Å²) in [6.07, 6.45) is 4.50. The van der Waals surface area contributed by atoms with Gasteiger partial charge in [-0.2, -0.15) is 0 Å². The zero-order valence-corrected chi connectivity index (χ0v) is 20.9. The quantitative estimate of drug-likeness (QED) is 0.569. The molecule has 2 amide bonds. The lowest BCUT2D eigenvalue weighted by molar-refractivity contribution is -0.142. The fourth-order valence-electron chi connectivity index (χ4n) is 4.17. The molecule has 0 bridgehead atoms. The zero-order valence-electron chi connectivity index (χ0n) is 20.9. The van der Waals surface area contributed by atoms with Crippen molar-refractivity contribution in [2.75, 3.05) is 13.6 Å². The third-order valence-electron chi connectivity index (χ3n) is 6.15. The summed E-state index contributed by atoms with van der Waals surface area (Å²) in [5.41, 5.74) is -0.296. The number of nitrogens with one attached hydrogen (secondary N) is 1. The van der Waals surface area contributed by atoms with Gasteiger partial charge < -0.3 is 15.3 Å². The molecule has 0 aromatic heterocycles. The number of carboxylic acids is 1. The highest BCUT2D eigenvalue weighted by Gasteiger charge is 2.39. The second-order valence-electron chi connectivity index (χ2n) is 10.5. The van der Waals surface area contributed by atoms with E-state index in [4.69, 9.17) is 0 Å². The Morgan fingerprint density at radius 3 is 2.16 bits per heavy atom. The van der Waals surface area contributed by atoms with E-state index in [0.29, 0.717) is 0 Å². The van der Waals surface area contributed by atoms with Crippen LogP contribution in [0.2, 0.25) is 0 Å². The summed E-state index contributed by atoms with van der Waals surface area (Å²) >= 11 is 0. The fourth-order valence-corrected chi connectivity index (χ4v) is 4.17. The van der Waals surface area contributed by atoms with Gasteiger partial charge in [0.05, 0.1) is 12.1 Å². The molecular formula is C24H43N3O4. The minimum Gasteiger partial charge on any atom is -0.478 e. The zero-order chi connectivity index (χ0) is 24.1. The van der Waals surface area contributed by atoms with Gasteiger partial charge in [0.25, 0.3) is 0 Å². The Kier molecular flexibility index (Phi) is 9.73. The maximum Gasteiger partial charge on any atom is 0.331 e. The maximum atomic E-state index is 13.5. The van der Waals surface area contributed by atoms with Gasteiger partial charge in [-0.3, -0.25) is 14.5 Å². The number of nitrogens with zero attached hydrogens (tertiary/aromatic N) is 2. The Balaban J connectivity index is 3.15. The fraction of sp³-hybridized carbons (Fsp3) is 0.792. The Bertz CT molecular complexity index is 679. The van der Waals surface area contributed by atoms with Gasteiger partial charge in [-0.15, -0.1) is 0 Å². The van der Waals surface area contributed by atoms with E-state index in [2.05, 4.69) is 24.1 Å². The maximum absolute atomic E-state index is 13.5. The second kappa shape index (κ2) is 11.1. The summed E-state index contributed by atoms with van der Waals surface area (Å²) in [5, 5.41) is 12.3. The van der Waals surface area contributed by atoms with E-state index >= 15 is 0 Å². The predicted octanol–water partition coefficient (Wildman–Crippen LogP) is 3.29. The molecule has 178 valence electrons. The summed E-state index contributed by atoms with van der Waals surface area (Å²) in [6.45, 7) is 16.3. The molecule has 7 heteroatoms. The topological polar surface area (TPSA) is 90.0 Å². The van der Waals surface area contributed by atoms with Crippen LogP contribution in [0, 0.1) is 11.3 Å². The number of likely N-dealkylation sites (N-methyl/N-ethyl adjacent to an activating group) is 1. The Hall–Kier alpha value is -1.89. The number of carboxylic acid groups (broad SMARTS) is 1. The van der Waals surface area contributed by atoms with Crippen molar-refractivity contribution in [1.29, 1.82) is 0 Å². The minimum absolute atomic E-state index is 0.0225. The van der Waals surface area contributed by atoms with Crippen LogP contribution in [-0.4, -0.2) is 70.4 Å². The summed E-state index contributed by atoms with van der Waals surface area (Å²) in [4.78, 5) is 41.9. The van der Waals surface area contributed by atoms with Crippen molar-refractivity contribution in [2.45, 2.75) is 98.8 Å². The van der Waals surface area contributed by atoms with E-state index in [1.54, 1.807) is 18.0 Å². The van der Waals surface area contributed by atoms with E-state index in [9.17, 15) is 19.5 Å². The summed E-state index contributed by atoms with van der Waals surface area (Å²) < 4.78 is 0. The molecule has 1 fully saturated rings. The van der Waals surface area contributed by atoms with Crippen molar-refractivity contribution in [3.63, 3.8) is 0 Å². The number of hydrogen-bond acceptors (Lipinski definition) is 4. The van der Waals surface area contributed by atoms with E-state index in [1.807, 2.05) is 34.6 Å². The molecule has 1 unspecified atom stereocenters. The van der Waals surface area contributed by atoms with Crippen LogP contribution in [0.25, 0.3) is 0 Å². The Morgan fingerprint density at radius 1 is 1.13 bits per heavy atom. The van der Waals surface area contributed by atoms with Crippen molar-refractivity contribution < 1.29 is 19.5 Å². The minimum atomic E-state index is -1.00. The first-order chi connectivity index (χ1) is 14.2. The molecule has 7 nitrogen and oxygen atoms in total. The van der Waals surface area contributed by atoms with E-state index in [0.717, 1.165) is 25.8 Å². The Labute approximate surface area is 188 Å². The molecule has 1 aliphatic heterocycles. The average molecular weight is 438 g/mol. The van der Waals surface area contributed by atoms with Crippen molar-refractivity contribution >= 4 is 17.8 Å². The van der Waals surface area contributed by atoms with Gasteiger partial charge in [-0.05, 0) is 51.5 Å². The normalized spacial score (nSPS) is 20.5. The SMILES string of the molecule is C/C(=C\C(C(C)C)N(C)C(=O)[C@H](NC(=O)[C@@H]1CCCCN1C(C)C)C(C)(C)C)C(=O)O. The molecule has 1 heterocycles. The first-order valence-electron chi connectivity index (χ1n) is 11.4. The monoisotopic (exact) mass is 437 g/mol. The van der Waals surface area contributed by atoms with Crippen LogP contribution < -0.4 is 5.32 Å². The molecular weight excluding hydrogens is 394 g/mol. The van der Waals surface area contributed by atoms with Gasteiger partial charge in [0.1, 0.15) is 6.04 Å². The molecule has 0 saturated carbocycles. The molecule has 1 rings (SSSR count). The number of hydrogen-bond donors (Lipinski definition) is 2. The highest BCUT2D eigenvalue weighted by molar-refractivity contribution is 5.91. The van der Waals surface area contributed by atoms with Crippen LogP contribution in [0.3, 0.4) is 0 Å². The van der Waals surface area contributed by atoms with Gasteiger partial charge in [0.15, 0.2) is 0 Å². The largest absolute Gasteiger partial charge is 0.478 e. The molecule has 0 spiro atoms. The van der Waals surface area contributed by atoms with Crippen LogP contribution in [0.5, 0.6) is 0 Å². The van der Waals surface area contributed by atoms with Crippen molar-refractivity contribution in [3.8, 4) is 0 Å². The molecule has 0 radical (unpaired) electrons. The third kappa shape index (κ3) is 7.34. The first kappa shape index (κ1) is 27.1. The van der Waals surface area contributed by atoms with Crippen LogP contribution in [0.1, 0.15) is 74.7 Å². The van der Waals surface area contributed by atoms with Crippen LogP contribution in [0.4, 0.5) is 0 Å². The summed E-state index contributed by atoms with van der Waals surface area (Å²) in [6, 6.07) is -1.06. The van der Waals surface area contributed by atoms with Gasteiger partial charge in [0, 0.05) is 18.7 Å². The van der Waals surface area contributed by atoms with Gasteiger partial charge in [-0.1, -0.05) is 47.1 Å². The molecule has 0 aliphatic carbocycles. The highest BCUT2D eigenvalue weighted by atomic mass is 16.4. The summed E-state index contributed by atoms with van der Waals surface area (Å²) in [7, 11) is 1.69. The number of carbonyl (C=O) groups excluding carboxylic acids is 2. The number of carbonyl (C=O) groups is 3. The highest BCUT2D eigenvalue weighted by Crippen LogP contribution is 2.25. The van der Waals surface area contributed by atoms with Crippen LogP contribution in [-0.2, 0) is 14.4 Å². The van der Waals surface area contributed by atoms with Gasteiger partial charge >= 0.3 is 5.97 Å².